The smallest absolute Gasteiger partial charge is 0.328 e. The lowest BCUT2D eigenvalue weighted by molar-refractivity contribution is -0.145. The van der Waals surface area contributed by atoms with Crippen molar-refractivity contribution in [1.82, 2.24) is 5.32 Å². The topological polar surface area (TPSA) is 64.6 Å². The summed E-state index contributed by atoms with van der Waals surface area (Å²) < 4.78 is 9.22. The normalized spacial score (nSPS) is 11.3. The maximum absolute atomic E-state index is 11.3. The van der Waals surface area contributed by atoms with Gasteiger partial charge in [-0.2, -0.15) is 0 Å². The molecule has 0 aliphatic carbocycles. The minimum absolute atomic E-state index is 0.0807. The Bertz CT molecular complexity index is 270. The zero-order valence-electron chi connectivity index (χ0n) is 9.62. The fraction of sp³-hybridized carbons (Fsp3) is 0.636. The summed E-state index contributed by atoms with van der Waals surface area (Å²) in [6.07, 6.45) is 6.78. The van der Waals surface area contributed by atoms with Crippen LogP contribution in [-0.4, -0.2) is 38.7 Å². The summed E-state index contributed by atoms with van der Waals surface area (Å²) in [5, 5.41) is 2.52. The van der Waals surface area contributed by atoms with Crippen molar-refractivity contribution in [3.05, 3.63) is 0 Å². The molecular weight excluding hydrogens is 210 g/mol. The van der Waals surface area contributed by atoms with E-state index in [0.29, 0.717) is 19.3 Å². The molecule has 0 saturated heterocycles. The van der Waals surface area contributed by atoms with Gasteiger partial charge in [-0.3, -0.25) is 4.79 Å². The fourth-order valence-electron chi connectivity index (χ4n) is 1.17. The second-order valence-corrected chi connectivity index (χ2v) is 3.17. The number of carbonyl (C=O) groups is 2. The van der Waals surface area contributed by atoms with Crippen molar-refractivity contribution < 1.29 is 19.1 Å². The number of hydrogen-bond donors (Lipinski definition) is 1. The molecule has 0 aromatic carbocycles. The Morgan fingerprint density at radius 2 is 2.12 bits per heavy atom. The number of nitrogens with one attached hydrogen (secondary N) is 1. The zero-order valence-corrected chi connectivity index (χ0v) is 9.62. The van der Waals surface area contributed by atoms with E-state index >= 15 is 0 Å². The molecule has 0 aliphatic heterocycles. The summed E-state index contributed by atoms with van der Waals surface area (Å²) in [5.41, 5.74) is 0. The predicted molar refractivity (Wildman–Crippen MR) is 58.5 cm³/mol. The molecule has 0 saturated carbocycles. The van der Waals surface area contributed by atoms with Gasteiger partial charge in [0.25, 0.3) is 0 Å². The van der Waals surface area contributed by atoms with Crippen molar-refractivity contribution in [2.75, 3.05) is 20.8 Å². The molecule has 0 heterocycles. The number of amides is 1. The molecule has 0 unspecified atom stereocenters. The van der Waals surface area contributed by atoms with E-state index in [1.165, 1.54) is 14.2 Å². The quantitative estimate of drug-likeness (QED) is 0.380. The van der Waals surface area contributed by atoms with Crippen LogP contribution in [-0.2, 0) is 19.1 Å². The molecule has 0 bridgehead atoms. The van der Waals surface area contributed by atoms with E-state index in [2.05, 4.69) is 20.7 Å². The second-order valence-electron chi connectivity index (χ2n) is 3.17. The Labute approximate surface area is 95.5 Å². The van der Waals surface area contributed by atoms with Crippen molar-refractivity contribution in [3.8, 4) is 12.3 Å². The van der Waals surface area contributed by atoms with Gasteiger partial charge in [0.05, 0.1) is 7.11 Å². The molecule has 0 aromatic heterocycles. The molecule has 0 radical (unpaired) electrons. The Kier molecular flexibility index (Phi) is 7.90. The van der Waals surface area contributed by atoms with Crippen molar-refractivity contribution >= 4 is 11.9 Å². The third-order valence-electron chi connectivity index (χ3n) is 1.91. The van der Waals surface area contributed by atoms with Crippen LogP contribution in [0.25, 0.3) is 0 Å². The van der Waals surface area contributed by atoms with Crippen LogP contribution in [0.15, 0.2) is 0 Å². The van der Waals surface area contributed by atoms with Gasteiger partial charge < -0.3 is 14.8 Å². The van der Waals surface area contributed by atoms with Crippen LogP contribution in [0.1, 0.15) is 19.3 Å². The number of rotatable bonds is 7. The summed E-state index contributed by atoms with van der Waals surface area (Å²) in [4.78, 5) is 22.5. The van der Waals surface area contributed by atoms with Crippen LogP contribution >= 0.6 is 0 Å². The van der Waals surface area contributed by atoms with Crippen molar-refractivity contribution in [2.45, 2.75) is 25.3 Å². The predicted octanol–water partition coefficient (Wildman–Crippen LogP) is 0.0941. The molecule has 5 heteroatoms. The third kappa shape index (κ3) is 6.04. The summed E-state index contributed by atoms with van der Waals surface area (Å²) in [5.74, 6) is 1.65. The van der Waals surface area contributed by atoms with Crippen LogP contribution in [0.4, 0.5) is 0 Å². The summed E-state index contributed by atoms with van der Waals surface area (Å²) in [6, 6.07) is -0.652. The minimum Gasteiger partial charge on any atom is -0.467 e. The van der Waals surface area contributed by atoms with Gasteiger partial charge in [0, 0.05) is 13.5 Å². The number of esters is 1. The largest absolute Gasteiger partial charge is 0.467 e. The number of unbranched alkanes of at least 4 members (excludes halogenated alkanes) is 1. The van der Waals surface area contributed by atoms with Crippen LogP contribution in [0.2, 0.25) is 0 Å². The SMILES string of the molecule is C#CCCC[C@H](NC(=O)COC)C(=O)OC. The first kappa shape index (κ1) is 14.5. The van der Waals surface area contributed by atoms with E-state index in [9.17, 15) is 9.59 Å². The van der Waals surface area contributed by atoms with Crippen molar-refractivity contribution in [3.63, 3.8) is 0 Å². The van der Waals surface area contributed by atoms with Crippen molar-refractivity contribution in [2.24, 2.45) is 0 Å². The molecule has 0 aromatic rings. The Morgan fingerprint density at radius 3 is 2.62 bits per heavy atom. The number of terminal acetylenes is 1. The minimum atomic E-state index is -0.652. The molecule has 16 heavy (non-hydrogen) atoms. The van der Waals surface area contributed by atoms with Crippen LogP contribution in [0.5, 0.6) is 0 Å². The lowest BCUT2D eigenvalue weighted by Gasteiger charge is -2.15. The number of carbonyl (C=O) groups excluding carboxylic acids is 2. The van der Waals surface area contributed by atoms with E-state index in [-0.39, 0.29) is 12.5 Å². The average Bonchev–Trinajstić information content (AvgIpc) is 2.27. The van der Waals surface area contributed by atoms with Gasteiger partial charge in [-0.25, -0.2) is 4.79 Å². The first-order valence-electron chi connectivity index (χ1n) is 4.95. The Balaban J connectivity index is 4.15. The monoisotopic (exact) mass is 227 g/mol. The van der Waals surface area contributed by atoms with Gasteiger partial charge in [-0.05, 0) is 12.8 Å². The van der Waals surface area contributed by atoms with E-state index in [1.54, 1.807) is 0 Å². The average molecular weight is 227 g/mol. The Hall–Kier alpha value is -1.54. The highest BCUT2D eigenvalue weighted by atomic mass is 16.5. The summed E-state index contributed by atoms with van der Waals surface area (Å²) in [6.45, 7) is -0.0807. The van der Waals surface area contributed by atoms with Gasteiger partial charge >= 0.3 is 5.97 Å². The standard InChI is InChI=1S/C11H17NO4/c1-4-5-6-7-9(11(14)16-3)12-10(13)8-15-2/h1,9H,5-8H2,2-3H3,(H,12,13)/t9-/m0/s1. The summed E-state index contributed by atoms with van der Waals surface area (Å²) in [7, 11) is 2.68. The zero-order chi connectivity index (χ0) is 12.4. The molecular formula is C11H17NO4. The van der Waals surface area contributed by atoms with Crippen molar-refractivity contribution in [1.29, 1.82) is 0 Å². The van der Waals surface area contributed by atoms with Gasteiger partial charge in [0.2, 0.25) is 5.91 Å². The van der Waals surface area contributed by atoms with E-state index in [4.69, 9.17) is 6.42 Å². The third-order valence-corrected chi connectivity index (χ3v) is 1.91. The highest BCUT2D eigenvalue weighted by molar-refractivity contribution is 5.84. The first-order chi connectivity index (χ1) is 7.65. The van der Waals surface area contributed by atoms with E-state index in [0.717, 1.165) is 0 Å². The molecule has 1 atom stereocenters. The second kappa shape index (κ2) is 8.74. The first-order valence-corrected chi connectivity index (χ1v) is 4.95. The van der Waals surface area contributed by atoms with Gasteiger partial charge in [-0.1, -0.05) is 0 Å². The van der Waals surface area contributed by atoms with Crippen LogP contribution in [0, 0.1) is 12.3 Å². The van der Waals surface area contributed by atoms with Gasteiger partial charge in [0.15, 0.2) is 0 Å². The van der Waals surface area contributed by atoms with Crippen LogP contribution < -0.4 is 5.32 Å². The molecule has 1 N–H and O–H groups in total. The van der Waals surface area contributed by atoms with E-state index in [1.807, 2.05) is 0 Å². The molecule has 0 spiro atoms. The maximum Gasteiger partial charge on any atom is 0.328 e. The maximum atomic E-state index is 11.3. The number of hydrogen-bond acceptors (Lipinski definition) is 4. The molecule has 1 amide bonds. The Morgan fingerprint density at radius 1 is 1.44 bits per heavy atom. The fourth-order valence-corrected chi connectivity index (χ4v) is 1.17. The van der Waals surface area contributed by atoms with Gasteiger partial charge in [-0.15, -0.1) is 12.3 Å². The lowest BCUT2D eigenvalue weighted by atomic mass is 10.1. The molecule has 0 fully saturated rings. The van der Waals surface area contributed by atoms with E-state index < -0.39 is 12.0 Å². The molecule has 0 aliphatic rings. The van der Waals surface area contributed by atoms with Gasteiger partial charge in [0.1, 0.15) is 12.6 Å². The molecule has 5 nitrogen and oxygen atoms in total. The highest BCUT2D eigenvalue weighted by Crippen LogP contribution is 2.02. The molecule has 90 valence electrons. The number of methoxy groups -OCH3 is 2. The number of ether oxygens (including phenoxy) is 2. The molecule has 0 rings (SSSR count). The van der Waals surface area contributed by atoms with Crippen LogP contribution in [0.3, 0.4) is 0 Å². The summed E-state index contributed by atoms with van der Waals surface area (Å²) >= 11 is 0. The lowest BCUT2D eigenvalue weighted by Crippen LogP contribution is -2.42. The highest BCUT2D eigenvalue weighted by Gasteiger charge is 2.20.